The van der Waals surface area contributed by atoms with Gasteiger partial charge in [-0.25, -0.2) is 0 Å². The molecule has 4 nitrogen and oxygen atoms in total. The summed E-state index contributed by atoms with van der Waals surface area (Å²) in [6.45, 7) is 6.34. The number of rotatable bonds is 1. The van der Waals surface area contributed by atoms with Crippen molar-refractivity contribution in [3.63, 3.8) is 0 Å². The van der Waals surface area contributed by atoms with Gasteiger partial charge in [-0.05, 0) is 39.0 Å². The molecule has 5 heteroatoms. The Bertz CT molecular complexity index is 721. The first-order valence-electron chi connectivity index (χ1n) is 6.90. The molecule has 0 aliphatic carbocycles. The zero-order chi connectivity index (χ0) is 15.1. The Balaban J connectivity index is 2.06. The number of hydrogen-bond acceptors (Lipinski definition) is 4. The van der Waals surface area contributed by atoms with E-state index in [0.717, 1.165) is 27.7 Å². The number of carbonyl (C=O) groups excluding carboxylic acids is 1. The average Bonchev–Trinajstić information content (AvgIpc) is 2.71. The van der Waals surface area contributed by atoms with Gasteiger partial charge in [-0.2, -0.15) is 0 Å². The maximum Gasteiger partial charge on any atom is 0.262 e. The highest BCUT2D eigenvalue weighted by Gasteiger charge is 2.28. The van der Waals surface area contributed by atoms with E-state index in [1.807, 2.05) is 43.9 Å². The van der Waals surface area contributed by atoms with Crippen LogP contribution in [0.2, 0.25) is 0 Å². The quantitative estimate of drug-likeness (QED) is 0.819. The molecule has 2 heterocycles. The van der Waals surface area contributed by atoms with Crippen LogP contribution in [0.3, 0.4) is 0 Å². The smallest absolute Gasteiger partial charge is 0.262 e. The summed E-state index contributed by atoms with van der Waals surface area (Å²) in [6, 6.07) is 5.73. The second-order valence-electron chi connectivity index (χ2n) is 5.25. The lowest BCUT2D eigenvalue weighted by molar-refractivity contribution is 0.0986. The van der Waals surface area contributed by atoms with E-state index < -0.39 is 0 Å². The first-order valence-corrected chi connectivity index (χ1v) is 7.88. The predicted molar refractivity (Wildman–Crippen MR) is 86.2 cm³/mol. The summed E-state index contributed by atoms with van der Waals surface area (Å²) in [5.74, 6) is 2.36. The SMILES string of the molecule is Cc1oc(C)c(C(=O)N2CCSc3ccc(N)cc32)c1C. The number of anilines is 2. The van der Waals surface area contributed by atoms with E-state index in [1.54, 1.807) is 11.8 Å². The normalized spacial score (nSPS) is 14.1. The van der Waals surface area contributed by atoms with Crippen LogP contribution in [0.15, 0.2) is 27.5 Å². The fourth-order valence-electron chi connectivity index (χ4n) is 2.69. The molecule has 0 bridgehead atoms. The van der Waals surface area contributed by atoms with Gasteiger partial charge in [0.25, 0.3) is 5.91 Å². The number of amides is 1. The number of nitrogens with zero attached hydrogens (tertiary/aromatic N) is 1. The minimum absolute atomic E-state index is 0.00556. The molecule has 2 N–H and O–H groups in total. The molecule has 3 rings (SSSR count). The first-order chi connectivity index (χ1) is 9.99. The molecule has 1 aromatic heterocycles. The van der Waals surface area contributed by atoms with Crippen molar-refractivity contribution < 1.29 is 9.21 Å². The molecule has 0 saturated heterocycles. The first kappa shape index (κ1) is 14.1. The maximum atomic E-state index is 12.9. The van der Waals surface area contributed by atoms with Gasteiger partial charge in [-0.3, -0.25) is 4.79 Å². The molecular weight excluding hydrogens is 284 g/mol. The van der Waals surface area contributed by atoms with Gasteiger partial charge in [0.2, 0.25) is 0 Å². The van der Waals surface area contributed by atoms with Gasteiger partial charge < -0.3 is 15.1 Å². The van der Waals surface area contributed by atoms with Gasteiger partial charge in [0, 0.05) is 28.4 Å². The lowest BCUT2D eigenvalue weighted by Gasteiger charge is -2.29. The summed E-state index contributed by atoms with van der Waals surface area (Å²) in [7, 11) is 0. The van der Waals surface area contributed by atoms with Crippen molar-refractivity contribution in [1.29, 1.82) is 0 Å². The highest BCUT2D eigenvalue weighted by molar-refractivity contribution is 7.99. The molecule has 0 saturated carbocycles. The third-order valence-corrected chi connectivity index (χ3v) is 4.91. The molecule has 0 atom stereocenters. The number of benzene rings is 1. The van der Waals surface area contributed by atoms with Crippen molar-refractivity contribution in [3.8, 4) is 0 Å². The van der Waals surface area contributed by atoms with E-state index in [9.17, 15) is 4.79 Å². The summed E-state index contributed by atoms with van der Waals surface area (Å²) in [6.07, 6.45) is 0. The number of thioether (sulfide) groups is 1. The third kappa shape index (κ3) is 2.31. The van der Waals surface area contributed by atoms with Crippen LogP contribution < -0.4 is 10.6 Å². The molecule has 1 aliphatic heterocycles. The Kier molecular flexibility index (Phi) is 3.45. The number of nitrogens with two attached hydrogens (primary N) is 1. The average molecular weight is 302 g/mol. The molecule has 0 unspecified atom stereocenters. The zero-order valence-electron chi connectivity index (χ0n) is 12.4. The minimum Gasteiger partial charge on any atom is -0.466 e. The summed E-state index contributed by atoms with van der Waals surface area (Å²) in [5.41, 5.74) is 9.04. The standard InChI is InChI=1S/C16H18N2O2S/c1-9-10(2)20-11(3)15(9)16(19)18-6-7-21-14-5-4-12(17)8-13(14)18/h4-5,8H,6-7,17H2,1-3H3. The van der Waals surface area contributed by atoms with E-state index in [4.69, 9.17) is 10.2 Å². The Morgan fingerprint density at radius 2 is 2.05 bits per heavy atom. The van der Waals surface area contributed by atoms with Crippen LogP contribution in [0.5, 0.6) is 0 Å². The highest BCUT2D eigenvalue weighted by atomic mass is 32.2. The molecule has 1 aromatic carbocycles. The number of hydrogen-bond donors (Lipinski definition) is 1. The van der Waals surface area contributed by atoms with Gasteiger partial charge in [0.1, 0.15) is 11.5 Å². The fraction of sp³-hybridized carbons (Fsp3) is 0.312. The van der Waals surface area contributed by atoms with Crippen molar-refractivity contribution in [2.45, 2.75) is 25.7 Å². The van der Waals surface area contributed by atoms with Crippen LogP contribution in [0.25, 0.3) is 0 Å². The number of fused-ring (bicyclic) bond motifs is 1. The van der Waals surface area contributed by atoms with E-state index >= 15 is 0 Å². The molecule has 0 radical (unpaired) electrons. The van der Waals surface area contributed by atoms with Gasteiger partial charge in [0.05, 0.1) is 11.3 Å². The van der Waals surface area contributed by atoms with E-state index in [1.165, 1.54) is 0 Å². The molecule has 0 fully saturated rings. The Hall–Kier alpha value is -1.88. The van der Waals surface area contributed by atoms with Crippen molar-refractivity contribution in [2.75, 3.05) is 22.9 Å². The molecule has 2 aromatic rings. The monoisotopic (exact) mass is 302 g/mol. The van der Waals surface area contributed by atoms with Crippen LogP contribution in [0.1, 0.15) is 27.4 Å². The van der Waals surface area contributed by atoms with Crippen LogP contribution >= 0.6 is 11.8 Å². The molecule has 110 valence electrons. The van der Waals surface area contributed by atoms with Crippen LogP contribution in [-0.2, 0) is 0 Å². The highest BCUT2D eigenvalue weighted by Crippen LogP contribution is 2.37. The van der Waals surface area contributed by atoms with E-state index in [0.29, 0.717) is 23.6 Å². The fourth-order valence-corrected chi connectivity index (χ4v) is 3.66. The summed E-state index contributed by atoms with van der Waals surface area (Å²) < 4.78 is 5.59. The third-order valence-electron chi connectivity index (χ3n) is 3.87. The van der Waals surface area contributed by atoms with Crippen molar-refractivity contribution >= 4 is 29.0 Å². The molecule has 1 amide bonds. The second kappa shape index (κ2) is 5.15. The summed E-state index contributed by atoms with van der Waals surface area (Å²) >= 11 is 1.75. The Morgan fingerprint density at radius 1 is 1.29 bits per heavy atom. The number of aryl methyl sites for hydroxylation is 2. The topological polar surface area (TPSA) is 59.5 Å². The maximum absolute atomic E-state index is 12.9. The predicted octanol–water partition coefficient (Wildman–Crippen LogP) is 3.54. The number of carbonyl (C=O) groups is 1. The van der Waals surface area contributed by atoms with Gasteiger partial charge >= 0.3 is 0 Å². The van der Waals surface area contributed by atoms with Crippen molar-refractivity contribution in [3.05, 3.63) is 40.8 Å². The molecular formula is C16H18N2O2S. The van der Waals surface area contributed by atoms with Crippen LogP contribution in [0, 0.1) is 20.8 Å². The van der Waals surface area contributed by atoms with Crippen LogP contribution in [-0.4, -0.2) is 18.2 Å². The van der Waals surface area contributed by atoms with Crippen LogP contribution in [0.4, 0.5) is 11.4 Å². The summed E-state index contributed by atoms with van der Waals surface area (Å²) in [4.78, 5) is 15.9. The summed E-state index contributed by atoms with van der Waals surface area (Å²) in [5, 5.41) is 0. The lowest BCUT2D eigenvalue weighted by Crippen LogP contribution is -2.36. The van der Waals surface area contributed by atoms with Gasteiger partial charge in [-0.15, -0.1) is 11.8 Å². The number of furan rings is 1. The second-order valence-corrected chi connectivity index (χ2v) is 6.38. The molecule has 1 aliphatic rings. The number of nitrogen functional groups attached to an aromatic ring is 1. The van der Waals surface area contributed by atoms with Gasteiger partial charge in [-0.1, -0.05) is 0 Å². The van der Waals surface area contributed by atoms with E-state index in [2.05, 4.69) is 0 Å². The molecule has 21 heavy (non-hydrogen) atoms. The van der Waals surface area contributed by atoms with Gasteiger partial charge in [0.15, 0.2) is 0 Å². The lowest BCUT2D eigenvalue weighted by atomic mass is 10.1. The molecule has 0 spiro atoms. The Morgan fingerprint density at radius 3 is 2.71 bits per heavy atom. The zero-order valence-corrected chi connectivity index (χ0v) is 13.2. The largest absolute Gasteiger partial charge is 0.466 e. The minimum atomic E-state index is -0.00556. The Labute approximate surface area is 128 Å². The van der Waals surface area contributed by atoms with E-state index in [-0.39, 0.29) is 5.91 Å². The van der Waals surface area contributed by atoms with Crippen molar-refractivity contribution in [2.24, 2.45) is 0 Å². The van der Waals surface area contributed by atoms with Crippen molar-refractivity contribution in [1.82, 2.24) is 0 Å².